The van der Waals surface area contributed by atoms with Gasteiger partial charge in [-0.3, -0.25) is 0 Å². The van der Waals surface area contributed by atoms with Crippen molar-refractivity contribution >= 4 is 11.3 Å². The molecule has 1 unspecified atom stereocenters. The van der Waals surface area contributed by atoms with Crippen LogP contribution in [0.2, 0.25) is 0 Å². The number of rotatable bonds is 4. The maximum atomic E-state index is 5.83. The smallest absolute Gasteiger partial charge is 0.0975 e. The maximum Gasteiger partial charge on any atom is 0.0975 e. The molecular formula is C13H16N2S. The summed E-state index contributed by atoms with van der Waals surface area (Å²) in [6.07, 6.45) is 0.976. The lowest BCUT2D eigenvalue weighted by Gasteiger charge is -2.11. The fourth-order valence-electron chi connectivity index (χ4n) is 1.73. The predicted molar refractivity (Wildman–Crippen MR) is 68.8 cm³/mol. The molecule has 0 spiro atoms. The van der Waals surface area contributed by atoms with Crippen LogP contribution in [0, 0.1) is 6.92 Å². The van der Waals surface area contributed by atoms with Gasteiger partial charge in [-0.1, -0.05) is 30.3 Å². The monoisotopic (exact) mass is 232 g/mol. The number of benzene rings is 1. The van der Waals surface area contributed by atoms with Crippen LogP contribution in [0.5, 0.6) is 0 Å². The molecule has 3 heteroatoms. The molecule has 0 saturated heterocycles. The molecule has 2 rings (SSSR count). The van der Waals surface area contributed by atoms with E-state index < -0.39 is 0 Å². The highest BCUT2D eigenvalue weighted by Gasteiger charge is 2.13. The van der Waals surface area contributed by atoms with Crippen molar-refractivity contribution in [2.75, 3.05) is 6.54 Å². The van der Waals surface area contributed by atoms with Crippen LogP contribution < -0.4 is 5.73 Å². The van der Waals surface area contributed by atoms with E-state index in [-0.39, 0.29) is 0 Å². The van der Waals surface area contributed by atoms with Gasteiger partial charge < -0.3 is 5.73 Å². The lowest BCUT2D eigenvalue weighted by Crippen LogP contribution is -2.14. The second-order valence-electron chi connectivity index (χ2n) is 3.95. The third kappa shape index (κ3) is 2.68. The zero-order valence-corrected chi connectivity index (χ0v) is 10.2. The summed E-state index contributed by atoms with van der Waals surface area (Å²) >= 11 is 1.71. The Morgan fingerprint density at radius 2 is 2.06 bits per heavy atom. The van der Waals surface area contributed by atoms with Gasteiger partial charge in [-0.2, -0.15) is 0 Å². The van der Waals surface area contributed by atoms with Gasteiger partial charge in [-0.25, -0.2) is 4.98 Å². The number of hydrogen-bond donors (Lipinski definition) is 1. The van der Waals surface area contributed by atoms with Gasteiger partial charge in [0.2, 0.25) is 0 Å². The molecule has 16 heavy (non-hydrogen) atoms. The number of nitrogens with zero attached hydrogens (tertiary/aromatic N) is 1. The molecular weight excluding hydrogens is 216 g/mol. The molecule has 2 aromatic rings. The van der Waals surface area contributed by atoms with E-state index in [0.29, 0.717) is 12.5 Å². The Morgan fingerprint density at radius 3 is 2.62 bits per heavy atom. The summed E-state index contributed by atoms with van der Waals surface area (Å²) in [6.45, 7) is 2.68. The SMILES string of the molecule is Cc1csc(C(CN)Cc2ccccc2)n1. The van der Waals surface area contributed by atoms with Crippen molar-refractivity contribution in [1.82, 2.24) is 4.98 Å². The van der Waals surface area contributed by atoms with E-state index in [4.69, 9.17) is 5.73 Å². The van der Waals surface area contributed by atoms with Gasteiger partial charge in [-0.05, 0) is 18.9 Å². The number of nitrogens with two attached hydrogens (primary N) is 1. The fraction of sp³-hybridized carbons (Fsp3) is 0.308. The van der Waals surface area contributed by atoms with Crippen LogP contribution in [-0.2, 0) is 6.42 Å². The van der Waals surface area contributed by atoms with Crippen LogP contribution in [0.4, 0.5) is 0 Å². The summed E-state index contributed by atoms with van der Waals surface area (Å²) in [5.41, 5.74) is 8.24. The topological polar surface area (TPSA) is 38.9 Å². The fourth-order valence-corrected chi connectivity index (χ4v) is 2.64. The Hall–Kier alpha value is -1.19. The normalized spacial score (nSPS) is 12.6. The zero-order valence-electron chi connectivity index (χ0n) is 9.39. The van der Waals surface area contributed by atoms with E-state index in [0.717, 1.165) is 17.1 Å². The predicted octanol–water partition coefficient (Wildman–Crippen LogP) is 2.74. The van der Waals surface area contributed by atoms with Gasteiger partial charge in [0.05, 0.1) is 5.01 Å². The lowest BCUT2D eigenvalue weighted by molar-refractivity contribution is 0.687. The molecule has 0 bridgehead atoms. The number of aromatic nitrogens is 1. The Morgan fingerprint density at radius 1 is 1.31 bits per heavy atom. The zero-order chi connectivity index (χ0) is 11.4. The third-order valence-corrected chi connectivity index (χ3v) is 3.72. The van der Waals surface area contributed by atoms with Gasteiger partial charge >= 0.3 is 0 Å². The largest absolute Gasteiger partial charge is 0.330 e. The molecule has 84 valence electrons. The van der Waals surface area contributed by atoms with Crippen LogP contribution >= 0.6 is 11.3 Å². The van der Waals surface area contributed by atoms with E-state index >= 15 is 0 Å². The summed E-state index contributed by atoms with van der Waals surface area (Å²) in [5, 5.41) is 3.24. The summed E-state index contributed by atoms with van der Waals surface area (Å²) in [4.78, 5) is 4.52. The molecule has 1 aromatic carbocycles. The van der Waals surface area contributed by atoms with Gasteiger partial charge in [0.15, 0.2) is 0 Å². The Kier molecular flexibility index (Phi) is 3.70. The van der Waals surface area contributed by atoms with Gasteiger partial charge in [0.25, 0.3) is 0 Å². The molecule has 2 nitrogen and oxygen atoms in total. The van der Waals surface area contributed by atoms with Crippen molar-refractivity contribution in [1.29, 1.82) is 0 Å². The number of hydrogen-bond acceptors (Lipinski definition) is 3. The Balaban J connectivity index is 2.12. The summed E-state index contributed by atoms with van der Waals surface area (Å²) in [6, 6.07) is 10.5. The van der Waals surface area contributed by atoms with Gasteiger partial charge in [0.1, 0.15) is 0 Å². The lowest BCUT2D eigenvalue weighted by atomic mass is 10.0. The number of thiazole rings is 1. The first kappa shape index (κ1) is 11.3. The van der Waals surface area contributed by atoms with Crippen LogP contribution in [0.25, 0.3) is 0 Å². The standard InChI is InChI=1S/C13H16N2S/c1-10-9-16-13(15-10)12(8-14)7-11-5-3-2-4-6-11/h2-6,9,12H,7-8,14H2,1H3. The molecule has 1 atom stereocenters. The van der Waals surface area contributed by atoms with E-state index in [1.165, 1.54) is 5.56 Å². The minimum absolute atomic E-state index is 0.348. The Labute approximate surface area is 100 Å². The maximum absolute atomic E-state index is 5.83. The van der Waals surface area contributed by atoms with E-state index in [1.54, 1.807) is 11.3 Å². The highest BCUT2D eigenvalue weighted by Crippen LogP contribution is 2.23. The van der Waals surface area contributed by atoms with Crippen LogP contribution in [0.1, 0.15) is 22.2 Å². The van der Waals surface area contributed by atoms with Crippen LogP contribution in [-0.4, -0.2) is 11.5 Å². The molecule has 1 heterocycles. The second-order valence-corrected chi connectivity index (χ2v) is 4.84. The molecule has 0 radical (unpaired) electrons. The highest BCUT2D eigenvalue weighted by molar-refractivity contribution is 7.09. The second kappa shape index (κ2) is 5.23. The molecule has 0 aliphatic heterocycles. The average Bonchev–Trinajstić information content (AvgIpc) is 2.74. The minimum atomic E-state index is 0.348. The van der Waals surface area contributed by atoms with Crippen LogP contribution in [0.15, 0.2) is 35.7 Å². The minimum Gasteiger partial charge on any atom is -0.330 e. The van der Waals surface area contributed by atoms with Crippen LogP contribution in [0.3, 0.4) is 0 Å². The molecule has 0 amide bonds. The first-order valence-corrected chi connectivity index (χ1v) is 6.33. The first-order valence-electron chi connectivity index (χ1n) is 5.45. The first-order chi connectivity index (χ1) is 7.79. The number of aryl methyl sites for hydroxylation is 1. The Bertz CT molecular complexity index is 436. The van der Waals surface area contributed by atoms with Crippen molar-refractivity contribution in [3.63, 3.8) is 0 Å². The van der Waals surface area contributed by atoms with Gasteiger partial charge in [0, 0.05) is 23.5 Å². The van der Waals surface area contributed by atoms with E-state index in [1.807, 2.05) is 13.0 Å². The van der Waals surface area contributed by atoms with Crippen molar-refractivity contribution in [2.24, 2.45) is 5.73 Å². The van der Waals surface area contributed by atoms with Crippen molar-refractivity contribution in [3.8, 4) is 0 Å². The average molecular weight is 232 g/mol. The van der Waals surface area contributed by atoms with Crippen molar-refractivity contribution in [2.45, 2.75) is 19.3 Å². The van der Waals surface area contributed by atoms with E-state index in [2.05, 4.69) is 34.6 Å². The molecule has 0 saturated carbocycles. The highest BCUT2D eigenvalue weighted by atomic mass is 32.1. The summed E-state index contributed by atoms with van der Waals surface area (Å²) in [7, 11) is 0. The molecule has 0 aliphatic rings. The molecule has 2 N–H and O–H groups in total. The molecule has 0 aliphatic carbocycles. The quantitative estimate of drug-likeness (QED) is 0.880. The molecule has 0 fully saturated rings. The van der Waals surface area contributed by atoms with Crippen molar-refractivity contribution < 1.29 is 0 Å². The van der Waals surface area contributed by atoms with Crippen molar-refractivity contribution in [3.05, 3.63) is 52.0 Å². The summed E-state index contributed by atoms with van der Waals surface area (Å²) in [5.74, 6) is 0.348. The van der Waals surface area contributed by atoms with Gasteiger partial charge in [-0.15, -0.1) is 11.3 Å². The van der Waals surface area contributed by atoms with E-state index in [9.17, 15) is 0 Å². The molecule has 1 aromatic heterocycles. The summed E-state index contributed by atoms with van der Waals surface area (Å²) < 4.78 is 0. The third-order valence-electron chi connectivity index (χ3n) is 2.60.